The lowest BCUT2D eigenvalue weighted by Gasteiger charge is -2.14. The lowest BCUT2D eigenvalue weighted by atomic mass is 10.2. The highest BCUT2D eigenvalue weighted by atomic mass is 32.2. The minimum absolute atomic E-state index is 0.0383. The molecular formula is C12H13N3O2S2. The summed E-state index contributed by atoms with van der Waals surface area (Å²) in [6, 6.07) is 2.37. The third kappa shape index (κ3) is 2.57. The monoisotopic (exact) mass is 295 g/mol. The third-order valence-corrected chi connectivity index (χ3v) is 5.14. The quantitative estimate of drug-likeness (QED) is 0.873. The number of hydrogen-bond donors (Lipinski definition) is 1. The summed E-state index contributed by atoms with van der Waals surface area (Å²) in [5, 5.41) is 9.62. The van der Waals surface area contributed by atoms with Crippen molar-refractivity contribution in [1.82, 2.24) is 14.5 Å². The molecule has 0 aromatic carbocycles. The van der Waals surface area contributed by atoms with Crippen molar-refractivity contribution in [3.63, 3.8) is 0 Å². The number of thioether (sulfide) groups is 2. The topological polar surface area (TPSA) is 68.0 Å². The summed E-state index contributed by atoms with van der Waals surface area (Å²) >= 11 is 3.22. The van der Waals surface area contributed by atoms with Crippen molar-refractivity contribution in [2.24, 2.45) is 0 Å². The molecule has 1 atom stereocenters. The first-order valence-electron chi connectivity index (χ1n) is 6.00. The SMILES string of the molecule is O=C(O)CSc1nc2cnccc2n1C1CCSC1. The molecule has 3 rings (SSSR count). The van der Waals surface area contributed by atoms with Crippen LogP contribution in [0.3, 0.4) is 0 Å². The second-order valence-corrected chi connectivity index (χ2v) is 6.42. The van der Waals surface area contributed by atoms with Crippen LogP contribution in [0.4, 0.5) is 0 Å². The van der Waals surface area contributed by atoms with E-state index in [1.165, 1.54) is 11.8 Å². The Labute approximate surface area is 118 Å². The molecule has 0 spiro atoms. The van der Waals surface area contributed by atoms with Gasteiger partial charge in [0.1, 0.15) is 5.52 Å². The third-order valence-electron chi connectivity index (χ3n) is 3.05. The summed E-state index contributed by atoms with van der Waals surface area (Å²) in [5.74, 6) is 1.44. The predicted octanol–water partition coefficient (Wildman–Crippen LogP) is 2.29. The molecule has 19 heavy (non-hydrogen) atoms. The van der Waals surface area contributed by atoms with Crippen molar-refractivity contribution in [2.75, 3.05) is 17.3 Å². The summed E-state index contributed by atoms with van der Waals surface area (Å²) in [6.07, 6.45) is 4.60. The lowest BCUT2D eigenvalue weighted by molar-refractivity contribution is -0.133. The van der Waals surface area contributed by atoms with Crippen molar-refractivity contribution in [3.05, 3.63) is 18.5 Å². The second-order valence-electron chi connectivity index (χ2n) is 4.33. The van der Waals surface area contributed by atoms with Gasteiger partial charge >= 0.3 is 5.97 Å². The minimum Gasteiger partial charge on any atom is -0.481 e. The van der Waals surface area contributed by atoms with Crippen LogP contribution in [-0.4, -0.2) is 42.9 Å². The Morgan fingerprint density at radius 1 is 1.63 bits per heavy atom. The van der Waals surface area contributed by atoms with Crippen molar-refractivity contribution in [2.45, 2.75) is 17.6 Å². The smallest absolute Gasteiger partial charge is 0.313 e. The molecule has 1 N–H and O–H groups in total. The lowest BCUT2D eigenvalue weighted by Crippen LogP contribution is -2.10. The predicted molar refractivity (Wildman–Crippen MR) is 76.9 cm³/mol. The average molecular weight is 295 g/mol. The molecule has 1 fully saturated rings. The number of rotatable bonds is 4. The highest BCUT2D eigenvalue weighted by molar-refractivity contribution is 8.00. The van der Waals surface area contributed by atoms with Gasteiger partial charge in [-0.05, 0) is 18.2 Å². The van der Waals surface area contributed by atoms with Gasteiger partial charge in [-0.3, -0.25) is 9.78 Å². The Balaban J connectivity index is 2.03. The zero-order chi connectivity index (χ0) is 13.2. The molecule has 7 heteroatoms. The number of imidazole rings is 1. The van der Waals surface area contributed by atoms with E-state index in [1.807, 2.05) is 17.8 Å². The Morgan fingerprint density at radius 2 is 2.53 bits per heavy atom. The fourth-order valence-corrected chi connectivity index (χ4v) is 4.23. The summed E-state index contributed by atoms with van der Waals surface area (Å²) in [5.41, 5.74) is 1.89. The van der Waals surface area contributed by atoms with Crippen LogP contribution >= 0.6 is 23.5 Å². The summed E-state index contributed by atoms with van der Waals surface area (Å²) in [7, 11) is 0. The number of carbonyl (C=O) groups is 1. The number of aliphatic carboxylic acids is 1. The number of aromatic nitrogens is 3. The summed E-state index contributed by atoms with van der Waals surface area (Å²) in [6.45, 7) is 0. The van der Waals surface area contributed by atoms with Crippen LogP contribution in [0.15, 0.2) is 23.6 Å². The van der Waals surface area contributed by atoms with Crippen LogP contribution in [-0.2, 0) is 4.79 Å². The van der Waals surface area contributed by atoms with Crippen LogP contribution in [0.1, 0.15) is 12.5 Å². The van der Waals surface area contributed by atoms with Crippen LogP contribution in [0, 0.1) is 0 Å². The van der Waals surface area contributed by atoms with E-state index < -0.39 is 5.97 Å². The average Bonchev–Trinajstić information content (AvgIpc) is 3.02. The molecule has 1 aliphatic heterocycles. The minimum atomic E-state index is -0.817. The normalized spacial score (nSPS) is 19.1. The summed E-state index contributed by atoms with van der Waals surface area (Å²) in [4.78, 5) is 19.3. The molecule has 2 aromatic heterocycles. The van der Waals surface area contributed by atoms with Gasteiger partial charge in [0.15, 0.2) is 5.16 Å². The molecule has 0 radical (unpaired) electrons. The molecule has 3 heterocycles. The Hall–Kier alpha value is -1.21. The Bertz CT molecular complexity index is 608. The van der Waals surface area contributed by atoms with E-state index in [0.717, 1.165) is 34.1 Å². The van der Waals surface area contributed by atoms with Gasteiger partial charge in [0, 0.05) is 18.0 Å². The number of hydrogen-bond acceptors (Lipinski definition) is 5. The van der Waals surface area contributed by atoms with E-state index in [9.17, 15) is 4.79 Å². The van der Waals surface area contributed by atoms with Crippen LogP contribution in [0.5, 0.6) is 0 Å². The van der Waals surface area contributed by atoms with E-state index in [4.69, 9.17) is 5.11 Å². The zero-order valence-corrected chi connectivity index (χ0v) is 11.8. The molecule has 1 saturated heterocycles. The molecule has 2 aromatic rings. The molecule has 1 aliphatic rings. The van der Waals surface area contributed by atoms with Crippen LogP contribution in [0.2, 0.25) is 0 Å². The maximum absolute atomic E-state index is 10.7. The largest absolute Gasteiger partial charge is 0.481 e. The molecule has 0 bridgehead atoms. The first-order chi connectivity index (χ1) is 9.25. The number of carboxylic acid groups (broad SMARTS) is 1. The standard InChI is InChI=1S/C12H13N3O2S2/c16-11(17)7-19-12-14-9-5-13-3-1-10(9)15(12)8-2-4-18-6-8/h1,3,5,8H,2,4,6-7H2,(H,16,17). The molecule has 0 amide bonds. The summed E-state index contributed by atoms with van der Waals surface area (Å²) < 4.78 is 2.19. The van der Waals surface area contributed by atoms with Crippen LogP contribution in [0.25, 0.3) is 11.0 Å². The highest BCUT2D eigenvalue weighted by Gasteiger charge is 2.23. The Morgan fingerprint density at radius 3 is 3.26 bits per heavy atom. The molecule has 5 nitrogen and oxygen atoms in total. The van der Waals surface area contributed by atoms with Gasteiger partial charge in [0.2, 0.25) is 0 Å². The van der Waals surface area contributed by atoms with E-state index >= 15 is 0 Å². The molecule has 0 saturated carbocycles. The van der Waals surface area contributed by atoms with Gasteiger partial charge in [-0.25, -0.2) is 4.98 Å². The van der Waals surface area contributed by atoms with Gasteiger partial charge in [-0.1, -0.05) is 11.8 Å². The van der Waals surface area contributed by atoms with Gasteiger partial charge in [-0.2, -0.15) is 11.8 Å². The second kappa shape index (κ2) is 5.42. The number of carboxylic acids is 1. The van der Waals surface area contributed by atoms with E-state index in [2.05, 4.69) is 14.5 Å². The van der Waals surface area contributed by atoms with Gasteiger partial charge in [0.25, 0.3) is 0 Å². The first kappa shape index (κ1) is 12.8. The van der Waals surface area contributed by atoms with Gasteiger partial charge in [-0.15, -0.1) is 0 Å². The zero-order valence-electron chi connectivity index (χ0n) is 10.2. The first-order valence-corrected chi connectivity index (χ1v) is 8.14. The van der Waals surface area contributed by atoms with Crippen molar-refractivity contribution in [3.8, 4) is 0 Å². The Kier molecular flexibility index (Phi) is 3.65. The van der Waals surface area contributed by atoms with Gasteiger partial charge in [0.05, 0.1) is 17.5 Å². The molecular weight excluding hydrogens is 282 g/mol. The number of pyridine rings is 1. The fourth-order valence-electron chi connectivity index (χ4n) is 2.24. The van der Waals surface area contributed by atoms with E-state index in [-0.39, 0.29) is 5.75 Å². The molecule has 0 aliphatic carbocycles. The molecule has 1 unspecified atom stereocenters. The van der Waals surface area contributed by atoms with Crippen molar-refractivity contribution < 1.29 is 9.90 Å². The number of fused-ring (bicyclic) bond motifs is 1. The maximum atomic E-state index is 10.7. The number of nitrogens with zero attached hydrogens (tertiary/aromatic N) is 3. The highest BCUT2D eigenvalue weighted by Crippen LogP contribution is 2.34. The van der Waals surface area contributed by atoms with Crippen molar-refractivity contribution in [1.29, 1.82) is 0 Å². The molecule has 100 valence electrons. The van der Waals surface area contributed by atoms with Gasteiger partial charge < -0.3 is 9.67 Å². The van der Waals surface area contributed by atoms with E-state index in [0.29, 0.717) is 6.04 Å². The maximum Gasteiger partial charge on any atom is 0.313 e. The van der Waals surface area contributed by atoms with E-state index in [1.54, 1.807) is 12.4 Å². The fraction of sp³-hybridized carbons (Fsp3) is 0.417. The van der Waals surface area contributed by atoms with Crippen LogP contribution < -0.4 is 0 Å². The van der Waals surface area contributed by atoms with Crippen molar-refractivity contribution >= 4 is 40.5 Å².